The van der Waals surface area contributed by atoms with Gasteiger partial charge in [0.15, 0.2) is 0 Å². The summed E-state index contributed by atoms with van der Waals surface area (Å²) in [5.41, 5.74) is 6.11. The maximum Gasteiger partial charge on any atom is 0.111 e. The second-order valence-electron chi connectivity index (χ2n) is 5.48. The highest BCUT2D eigenvalue weighted by molar-refractivity contribution is 6.17. The summed E-state index contributed by atoms with van der Waals surface area (Å²) in [4.78, 5) is 4.76. The zero-order valence-electron chi connectivity index (χ0n) is 12.4. The van der Waals surface area contributed by atoms with Gasteiger partial charge in [0.1, 0.15) is 5.82 Å². The van der Waals surface area contributed by atoms with Crippen molar-refractivity contribution in [3.05, 3.63) is 65.0 Å². The lowest BCUT2D eigenvalue weighted by Crippen LogP contribution is -2.06. The average Bonchev–Trinajstić information content (AvgIpc) is 2.81. The van der Waals surface area contributed by atoms with Crippen molar-refractivity contribution in [2.75, 3.05) is 5.88 Å². The van der Waals surface area contributed by atoms with Gasteiger partial charge in [-0.05, 0) is 31.0 Å². The molecule has 1 aromatic heterocycles. The summed E-state index contributed by atoms with van der Waals surface area (Å²) in [6.45, 7) is 5.09. The fourth-order valence-electron chi connectivity index (χ4n) is 2.74. The van der Waals surface area contributed by atoms with E-state index < -0.39 is 0 Å². The molecule has 108 valence electrons. The predicted molar refractivity (Wildman–Crippen MR) is 89.2 cm³/mol. The van der Waals surface area contributed by atoms with Crippen LogP contribution in [0, 0.1) is 13.8 Å². The van der Waals surface area contributed by atoms with E-state index in [0.717, 1.165) is 24.3 Å². The molecule has 0 aliphatic carbocycles. The van der Waals surface area contributed by atoms with Crippen molar-refractivity contribution in [1.29, 1.82) is 0 Å². The topological polar surface area (TPSA) is 17.8 Å². The van der Waals surface area contributed by atoms with Gasteiger partial charge < -0.3 is 4.57 Å². The van der Waals surface area contributed by atoms with Crippen LogP contribution in [0.3, 0.4) is 0 Å². The van der Waals surface area contributed by atoms with Crippen LogP contribution in [0.5, 0.6) is 0 Å². The smallest absolute Gasteiger partial charge is 0.111 e. The third-order valence-electron chi connectivity index (χ3n) is 3.83. The molecule has 0 bridgehead atoms. The van der Waals surface area contributed by atoms with Gasteiger partial charge in [0.25, 0.3) is 0 Å². The van der Waals surface area contributed by atoms with Crippen molar-refractivity contribution >= 4 is 22.6 Å². The Hall–Kier alpha value is -1.80. The fraction of sp³-hybridized carbons (Fsp3) is 0.278. The van der Waals surface area contributed by atoms with Gasteiger partial charge >= 0.3 is 0 Å². The molecule has 0 radical (unpaired) electrons. The molecule has 0 atom stereocenters. The summed E-state index contributed by atoms with van der Waals surface area (Å²) in [6.07, 6.45) is 0.793. The molecule has 3 heteroatoms. The molecule has 0 saturated carbocycles. The van der Waals surface area contributed by atoms with Gasteiger partial charge in [-0.3, -0.25) is 0 Å². The fourth-order valence-corrected chi connectivity index (χ4v) is 2.90. The number of alkyl halides is 1. The molecule has 2 nitrogen and oxygen atoms in total. The van der Waals surface area contributed by atoms with Crippen molar-refractivity contribution in [2.45, 2.75) is 26.8 Å². The molecular weight excluding hydrogens is 280 g/mol. The average molecular weight is 299 g/mol. The number of rotatable bonds is 4. The van der Waals surface area contributed by atoms with Crippen molar-refractivity contribution in [1.82, 2.24) is 9.55 Å². The van der Waals surface area contributed by atoms with Crippen LogP contribution >= 0.6 is 11.6 Å². The first-order valence-corrected chi connectivity index (χ1v) is 7.78. The molecule has 0 saturated heterocycles. The number of para-hydroxylation sites is 1. The van der Waals surface area contributed by atoms with E-state index in [0.29, 0.717) is 5.88 Å². The summed E-state index contributed by atoms with van der Waals surface area (Å²) in [6, 6.07) is 15.0. The standard InChI is InChI=1S/C18H19ClN2/c1-13-6-8-15(9-7-13)12-21-17(10-11-19)20-16-5-3-4-14(2)18(16)21/h3-9H,10-12H2,1-2H3. The second kappa shape index (κ2) is 5.90. The van der Waals surface area contributed by atoms with E-state index in [1.807, 2.05) is 0 Å². The number of imidazole rings is 1. The second-order valence-corrected chi connectivity index (χ2v) is 5.86. The molecule has 3 rings (SSSR count). The van der Waals surface area contributed by atoms with E-state index in [1.54, 1.807) is 0 Å². The lowest BCUT2D eigenvalue weighted by Gasteiger charge is -2.10. The highest BCUT2D eigenvalue weighted by Gasteiger charge is 2.12. The van der Waals surface area contributed by atoms with Crippen LogP contribution in [-0.4, -0.2) is 15.4 Å². The van der Waals surface area contributed by atoms with Crippen LogP contribution in [0.25, 0.3) is 11.0 Å². The van der Waals surface area contributed by atoms with Crippen LogP contribution in [0.4, 0.5) is 0 Å². The number of halogens is 1. The lowest BCUT2D eigenvalue weighted by molar-refractivity contribution is 0.753. The Balaban J connectivity index is 2.10. The van der Waals surface area contributed by atoms with E-state index in [9.17, 15) is 0 Å². The van der Waals surface area contributed by atoms with Gasteiger partial charge in [0, 0.05) is 18.8 Å². The van der Waals surface area contributed by atoms with Crippen LogP contribution in [-0.2, 0) is 13.0 Å². The number of fused-ring (bicyclic) bond motifs is 1. The molecule has 0 unspecified atom stereocenters. The number of aromatic nitrogens is 2. The third kappa shape index (κ3) is 2.81. The van der Waals surface area contributed by atoms with E-state index in [4.69, 9.17) is 16.6 Å². The van der Waals surface area contributed by atoms with E-state index in [-0.39, 0.29) is 0 Å². The Kier molecular flexibility index (Phi) is 3.98. The monoisotopic (exact) mass is 298 g/mol. The molecule has 0 spiro atoms. The van der Waals surface area contributed by atoms with Gasteiger partial charge in [-0.15, -0.1) is 11.6 Å². The van der Waals surface area contributed by atoms with Crippen LogP contribution in [0.15, 0.2) is 42.5 Å². The Morgan fingerprint density at radius 3 is 2.52 bits per heavy atom. The minimum Gasteiger partial charge on any atom is -0.323 e. The third-order valence-corrected chi connectivity index (χ3v) is 4.02. The van der Waals surface area contributed by atoms with Gasteiger partial charge in [-0.25, -0.2) is 4.98 Å². The minimum absolute atomic E-state index is 0.594. The number of aryl methyl sites for hydroxylation is 3. The summed E-state index contributed by atoms with van der Waals surface area (Å²) in [5.74, 6) is 1.66. The van der Waals surface area contributed by atoms with Crippen molar-refractivity contribution in [3.8, 4) is 0 Å². The van der Waals surface area contributed by atoms with E-state index in [2.05, 4.69) is 60.9 Å². The largest absolute Gasteiger partial charge is 0.323 e. The molecule has 3 aromatic rings. The molecule has 0 N–H and O–H groups in total. The predicted octanol–water partition coefficient (Wildman–Crippen LogP) is 4.48. The van der Waals surface area contributed by atoms with Gasteiger partial charge in [-0.1, -0.05) is 42.0 Å². The first kappa shape index (κ1) is 14.2. The molecule has 1 heterocycles. The zero-order chi connectivity index (χ0) is 14.8. The van der Waals surface area contributed by atoms with E-state index in [1.165, 1.54) is 22.2 Å². The molecule has 21 heavy (non-hydrogen) atoms. The molecule has 0 amide bonds. The number of hydrogen-bond donors (Lipinski definition) is 0. The highest BCUT2D eigenvalue weighted by atomic mass is 35.5. The van der Waals surface area contributed by atoms with Gasteiger partial charge in [0.05, 0.1) is 11.0 Å². The van der Waals surface area contributed by atoms with Crippen molar-refractivity contribution in [3.63, 3.8) is 0 Å². The Morgan fingerprint density at radius 2 is 1.81 bits per heavy atom. The lowest BCUT2D eigenvalue weighted by atomic mass is 10.1. The Bertz CT molecular complexity index is 757. The zero-order valence-corrected chi connectivity index (χ0v) is 13.2. The Morgan fingerprint density at radius 1 is 1.05 bits per heavy atom. The quantitative estimate of drug-likeness (QED) is 0.649. The molecule has 0 aliphatic rings. The van der Waals surface area contributed by atoms with Crippen LogP contribution in [0.2, 0.25) is 0 Å². The molecule has 2 aromatic carbocycles. The van der Waals surface area contributed by atoms with E-state index >= 15 is 0 Å². The summed E-state index contributed by atoms with van der Waals surface area (Å²) >= 11 is 5.95. The number of benzene rings is 2. The van der Waals surface area contributed by atoms with Crippen LogP contribution in [0.1, 0.15) is 22.5 Å². The number of nitrogens with zero attached hydrogens (tertiary/aromatic N) is 2. The van der Waals surface area contributed by atoms with Crippen LogP contribution < -0.4 is 0 Å². The summed E-state index contributed by atoms with van der Waals surface area (Å²) < 4.78 is 2.30. The maximum atomic E-state index is 5.95. The maximum absolute atomic E-state index is 5.95. The first-order valence-electron chi connectivity index (χ1n) is 7.25. The number of hydrogen-bond acceptors (Lipinski definition) is 1. The minimum atomic E-state index is 0.594. The molecule has 0 fully saturated rings. The highest BCUT2D eigenvalue weighted by Crippen LogP contribution is 2.22. The van der Waals surface area contributed by atoms with Crippen molar-refractivity contribution in [2.24, 2.45) is 0 Å². The van der Waals surface area contributed by atoms with Gasteiger partial charge in [-0.2, -0.15) is 0 Å². The first-order chi connectivity index (χ1) is 10.2. The van der Waals surface area contributed by atoms with Gasteiger partial charge in [0.2, 0.25) is 0 Å². The molecule has 0 aliphatic heterocycles. The molecular formula is C18H19ClN2. The normalized spacial score (nSPS) is 11.2. The Labute approximate surface area is 130 Å². The summed E-state index contributed by atoms with van der Waals surface area (Å²) in [7, 11) is 0. The SMILES string of the molecule is Cc1ccc(Cn2c(CCCl)nc3cccc(C)c32)cc1. The van der Waals surface area contributed by atoms with Crippen molar-refractivity contribution < 1.29 is 0 Å². The summed E-state index contributed by atoms with van der Waals surface area (Å²) in [5, 5.41) is 0.